The molecule has 0 saturated heterocycles. The fourth-order valence-electron chi connectivity index (χ4n) is 2.48. The molecule has 0 aromatic carbocycles. The van der Waals surface area contributed by atoms with E-state index < -0.39 is 5.60 Å². The Morgan fingerprint density at radius 1 is 1.35 bits per heavy atom. The smallest absolute Gasteiger partial charge is 0.407 e. The van der Waals surface area contributed by atoms with Gasteiger partial charge < -0.3 is 15.4 Å². The van der Waals surface area contributed by atoms with Crippen LogP contribution in [0, 0.1) is 0 Å². The van der Waals surface area contributed by atoms with Gasteiger partial charge in [0.05, 0.1) is 0 Å². The maximum atomic E-state index is 11.7. The third-order valence-corrected chi connectivity index (χ3v) is 4.39. The predicted octanol–water partition coefficient (Wildman–Crippen LogP) is 3.16. The highest BCUT2D eigenvalue weighted by Crippen LogP contribution is 2.20. The van der Waals surface area contributed by atoms with E-state index in [1.165, 1.54) is 5.75 Å². The number of hydrogen-bond donors (Lipinski definition) is 2. The predicted molar refractivity (Wildman–Crippen MR) is 86.4 cm³/mol. The second kappa shape index (κ2) is 8.13. The topological polar surface area (TPSA) is 50.4 Å². The number of amides is 1. The summed E-state index contributed by atoms with van der Waals surface area (Å²) in [5, 5.41) is 6.63. The van der Waals surface area contributed by atoms with Gasteiger partial charge in [-0.05, 0) is 52.7 Å². The van der Waals surface area contributed by atoms with Crippen molar-refractivity contribution in [1.82, 2.24) is 10.6 Å². The zero-order valence-corrected chi connectivity index (χ0v) is 14.3. The molecule has 4 nitrogen and oxygen atoms in total. The summed E-state index contributed by atoms with van der Waals surface area (Å²) in [5.41, 5.74) is -0.424. The maximum absolute atomic E-state index is 11.7. The van der Waals surface area contributed by atoms with Gasteiger partial charge in [-0.2, -0.15) is 11.8 Å². The molecule has 0 aromatic heterocycles. The molecule has 0 aromatic rings. The van der Waals surface area contributed by atoms with Gasteiger partial charge in [-0.15, -0.1) is 0 Å². The first-order chi connectivity index (χ1) is 9.30. The zero-order chi connectivity index (χ0) is 15.2. The number of ether oxygens (including phenoxy) is 1. The van der Waals surface area contributed by atoms with Crippen molar-refractivity contribution in [1.29, 1.82) is 0 Å². The number of nitrogens with one attached hydrogen (secondary N) is 2. The van der Waals surface area contributed by atoms with Crippen LogP contribution < -0.4 is 10.6 Å². The molecule has 1 amide bonds. The Balaban J connectivity index is 2.24. The molecule has 1 aliphatic carbocycles. The minimum Gasteiger partial charge on any atom is -0.444 e. The molecule has 1 aliphatic rings. The van der Waals surface area contributed by atoms with E-state index in [1.54, 1.807) is 0 Å². The van der Waals surface area contributed by atoms with Gasteiger partial charge in [-0.25, -0.2) is 4.79 Å². The average molecular weight is 302 g/mol. The van der Waals surface area contributed by atoms with E-state index in [4.69, 9.17) is 4.74 Å². The summed E-state index contributed by atoms with van der Waals surface area (Å²) in [4.78, 5) is 11.7. The first-order valence-electron chi connectivity index (χ1n) is 7.63. The van der Waals surface area contributed by atoms with Crippen LogP contribution in [0.5, 0.6) is 0 Å². The minimum absolute atomic E-state index is 0.244. The van der Waals surface area contributed by atoms with Crippen LogP contribution in [0.3, 0.4) is 0 Å². The summed E-state index contributed by atoms with van der Waals surface area (Å²) in [6.45, 7) is 10.1. The highest BCUT2D eigenvalue weighted by molar-refractivity contribution is 7.99. The average Bonchev–Trinajstić information content (AvgIpc) is 2.71. The third kappa shape index (κ3) is 7.39. The standard InChI is InChI=1S/C15H30N2O2S/c1-6-20-10-11(2)16-12-7-8-13(9-12)17-14(18)19-15(3,4)5/h11-13,16H,6-10H2,1-5H3,(H,17,18). The molecule has 20 heavy (non-hydrogen) atoms. The minimum atomic E-state index is -0.424. The van der Waals surface area contributed by atoms with Gasteiger partial charge in [-0.3, -0.25) is 0 Å². The molecule has 0 radical (unpaired) electrons. The zero-order valence-electron chi connectivity index (χ0n) is 13.5. The molecule has 0 spiro atoms. The lowest BCUT2D eigenvalue weighted by Crippen LogP contribution is -2.40. The molecule has 2 N–H and O–H groups in total. The van der Waals surface area contributed by atoms with E-state index in [1.807, 2.05) is 32.5 Å². The van der Waals surface area contributed by atoms with Crippen LogP contribution in [0.2, 0.25) is 0 Å². The molecule has 3 atom stereocenters. The molecule has 5 heteroatoms. The highest BCUT2D eigenvalue weighted by atomic mass is 32.2. The van der Waals surface area contributed by atoms with Gasteiger partial charge in [0.1, 0.15) is 5.60 Å². The van der Waals surface area contributed by atoms with Gasteiger partial charge in [0, 0.05) is 23.9 Å². The van der Waals surface area contributed by atoms with E-state index in [-0.39, 0.29) is 12.1 Å². The number of alkyl carbamates (subject to hydrolysis) is 1. The molecule has 118 valence electrons. The molecule has 0 bridgehead atoms. The van der Waals surface area contributed by atoms with Crippen LogP contribution in [0.1, 0.15) is 53.9 Å². The van der Waals surface area contributed by atoms with Crippen LogP contribution in [-0.2, 0) is 4.74 Å². The molecule has 0 aliphatic heterocycles. The van der Waals surface area contributed by atoms with Gasteiger partial charge in [0.25, 0.3) is 0 Å². The maximum Gasteiger partial charge on any atom is 0.407 e. The van der Waals surface area contributed by atoms with Crippen molar-refractivity contribution in [3.8, 4) is 0 Å². The number of hydrogen-bond acceptors (Lipinski definition) is 4. The van der Waals surface area contributed by atoms with Crippen molar-refractivity contribution in [3.63, 3.8) is 0 Å². The van der Waals surface area contributed by atoms with Crippen molar-refractivity contribution in [3.05, 3.63) is 0 Å². The quantitative estimate of drug-likeness (QED) is 0.791. The molecular weight excluding hydrogens is 272 g/mol. The number of carbonyl (C=O) groups excluding carboxylic acids is 1. The van der Waals surface area contributed by atoms with E-state index in [0.29, 0.717) is 12.1 Å². The lowest BCUT2D eigenvalue weighted by molar-refractivity contribution is 0.0505. The van der Waals surface area contributed by atoms with Crippen molar-refractivity contribution < 1.29 is 9.53 Å². The van der Waals surface area contributed by atoms with Crippen molar-refractivity contribution in [2.45, 2.75) is 77.6 Å². The monoisotopic (exact) mass is 302 g/mol. The lowest BCUT2D eigenvalue weighted by atomic mass is 10.2. The SMILES string of the molecule is CCSCC(C)NC1CCC(NC(=O)OC(C)(C)C)C1. The Morgan fingerprint density at radius 3 is 2.60 bits per heavy atom. The highest BCUT2D eigenvalue weighted by Gasteiger charge is 2.28. The lowest BCUT2D eigenvalue weighted by Gasteiger charge is -2.22. The van der Waals surface area contributed by atoms with E-state index in [0.717, 1.165) is 25.0 Å². The van der Waals surface area contributed by atoms with Gasteiger partial charge in [0.2, 0.25) is 0 Å². The van der Waals surface area contributed by atoms with Gasteiger partial charge in [-0.1, -0.05) is 6.92 Å². The molecule has 3 unspecified atom stereocenters. The first kappa shape index (κ1) is 17.6. The van der Waals surface area contributed by atoms with E-state index >= 15 is 0 Å². The number of rotatable bonds is 6. The Morgan fingerprint density at radius 2 is 2.00 bits per heavy atom. The fraction of sp³-hybridized carbons (Fsp3) is 0.933. The van der Waals surface area contributed by atoms with Crippen LogP contribution in [0.25, 0.3) is 0 Å². The molecule has 1 rings (SSSR count). The Kier molecular flexibility index (Phi) is 7.17. The van der Waals surface area contributed by atoms with Gasteiger partial charge >= 0.3 is 6.09 Å². The summed E-state index contributed by atoms with van der Waals surface area (Å²) in [7, 11) is 0. The van der Waals surface area contributed by atoms with Crippen LogP contribution in [0.15, 0.2) is 0 Å². The second-order valence-corrected chi connectivity index (χ2v) is 7.90. The largest absolute Gasteiger partial charge is 0.444 e. The molecule has 1 fully saturated rings. The Labute approximate surface area is 127 Å². The Bertz CT molecular complexity index is 305. The van der Waals surface area contributed by atoms with Crippen LogP contribution in [0.4, 0.5) is 4.79 Å². The number of thioether (sulfide) groups is 1. The Hall–Kier alpha value is -0.420. The van der Waals surface area contributed by atoms with Crippen molar-refractivity contribution in [2.24, 2.45) is 0 Å². The molecular formula is C15H30N2O2S. The van der Waals surface area contributed by atoms with Crippen molar-refractivity contribution in [2.75, 3.05) is 11.5 Å². The summed E-state index contributed by atoms with van der Waals surface area (Å²) in [6.07, 6.45) is 2.87. The fourth-order valence-corrected chi connectivity index (χ4v) is 3.17. The normalized spacial score (nSPS) is 24.4. The first-order valence-corrected chi connectivity index (χ1v) is 8.79. The summed E-state index contributed by atoms with van der Waals surface area (Å²) >= 11 is 1.97. The van der Waals surface area contributed by atoms with E-state index in [9.17, 15) is 4.79 Å². The summed E-state index contributed by atoms with van der Waals surface area (Å²) in [5.74, 6) is 2.32. The second-order valence-electron chi connectivity index (χ2n) is 6.58. The van der Waals surface area contributed by atoms with Gasteiger partial charge in [0.15, 0.2) is 0 Å². The van der Waals surface area contributed by atoms with Crippen LogP contribution in [-0.4, -0.2) is 41.3 Å². The summed E-state index contributed by atoms with van der Waals surface area (Å²) < 4.78 is 5.30. The van der Waals surface area contributed by atoms with Crippen molar-refractivity contribution >= 4 is 17.9 Å². The summed E-state index contributed by atoms with van der Waals surface area (Å²) in [6, 6.07) is 1.29. The molecule has 1 saturated carbocycles. The number of carbonyl (C=O) groups is 1. The third-order valence-electron chi connectivity index (χ3n) is 3.25. The van der Waals surface area contributed by atoms with E-state index in [2.05, 4.69) is 24.5 Å². The molecule has 0 heterocycles. The van der Waals surface area contributed by atoms with Crippen LogP contribution >= 0.6 is 11.8 Å².